The summed E-state index contributed by atoms with van der Waals surface area (Å²) < 4.78 is 60.7. The number of hydrogen-bond donors (Lipinski definition) is 3. The molecule has 12 heteroatoms. The third-order valence-corrected chi connectivity index (χ3v) is 9.12. The van der Waals surface area contributed by atoms with Crippen LogP contribution in [0.15, 0.2) is 23.4 Å². The van der Waals surface area contributed by atoms with Crippen molar-refractivity contribution in [3.63, 3.8) is 0 Å². The lowest BCUT2D eigenvalue weighted by atomic mass is 9.70. The molecule has 40 heavy (non-hydrogen) atoms. The quantitative estimate of drug-likeness (QED) is 0.453. The number of halogens is 4. The molecule has 1 aromatic heterocycles. The van der Waals surface area contributed by atoms with Gasteiger partial charge in [0.25, 0.3) is 0 Å². The Labute approximate surface area is 233 Å². The monoisotopic (exact) mass is 567 g/mol. The van der Waals surface area contributed by atoms with Gasteiger partial charge in [-0.1, -0.05) is 6.92 Å². The number of ether oxygens (including phenoxy) is 1. The second-order valence-electron chi connectivity index (χ2n) is 11.9. The Kier molecular flexibility index (Phi) is 8.06. The predicted octanol–water partition coefficient (Wildman–Crippen LogP) is 2.96. The molecule has 222 valence electrons. The van der Waals surface area contributed by atoms with E-state index in [1.165, 1.54) is 6.92 Å². The first-order valence-corrected chi connectivity index (χ1v) is 14.2. The SMILES string of the molecule is CNC1(C2Cc3nc(OC[C@@H]4C[C@@H](F)CN4C)nc(N4CCNC[C@@H]4C)c3CC2C)C=C(C)C(C(F)(F)F)=CN1. The van der Waals surface area contributed by atoms with Gasteiger partial charge in [-0.05, 0) is 64.8 Å². The van der Waals surface area contributed by atoms with Gasteiger partial charge in [0.05, 0.1) is 11.3 Å². The fourth-order valence-corrected chi connectivity index (χ4v) is 6.81. The summed E-state index contributed by atoms with van der Waals surface area (Å²) in [7, 11) is 3.66. The van der Waals surface area contributed by atoms with E-state index < -0.39 is 23.6 Å². The van der Waals surface area contributed by atoms with E-state index in [2.05, 4.69) is 34.7 Å². The van der Waals surface area contributed by atoms with E-state index in [4.69, 9.17) is 14.7 Å². The maximum atomic E-state index is 13.9. The Hall–Kier alpha value is -2.44. The Morgan fingerprint density at radius 3 is 2.62 bits per heavy atom. The highest BCUT2D eigenvalue weighted by molar-refractivity contribution is 5.53. The van der Waals surface area contributed by atoms with Gasteiger partial charge in [0.2, 0.25) is 0 Å². The zero-order valence-electron chi connectivity index (χ0n) is 23.9. The molecule has 4 heterocycles. The van der Waals surface area contributed by atoms with E-state index in [1.54, 1.807) is 13.1 Å². The number of anilines is 1. The molecular weight excluding hydrogens is 526 g/mol. The van der Waals surface area contributed by atoms with Crippen LogP contribution >= 0.6 is 0 Å². The standard InChI is InChI=1S/C28H41F4N7O/c1-16-8-21-24(10-22(16)27(33-4)11-17(2)23(13-35-27)28(30,31)32)36-26(40-15-20-9-19(29)14-38(20)5)37-25(21)39-7-6-34-12-18(39)3/h11,13,16,18-20,22,33-35H,6-10,12,14-15H2,1-5H3/t16?,18-,19+,20-,22?,27?/m0/s1. The molecule has 6 atom stereocenters. The maximum absolute atomic E-state index is 13.9. The number of nitrogens with one attached hydrogen (secondary N) is 3. The number of dihydropyridines is 1. The average Bonchev–Trinajstić information content (AvgIpc) is 3.22. The van der Waals surface area contributed by atoms with Crippen molar-refractivity contribution in [2.75, 3.05) is 51.8 Å². The molecular formula is C28H41F4N7O. The minimum absolute atomic E-state index is 0.0503. The molecule has 0 amide bonds. The van der Waals surface area contributed by atoms with Gasteiger partial charge >= 0.3 is 12.2 Å². The van der Waals surface area contributed by atoms with Crippen LogP contribution in [0.3, 0.4) is 0 Å². The summed E-state index contributed by atoms with van der Waals surface area (Å²) in [5, 5.41) is 9.78. The number of nitrogens with zero attached hydrogens (tertiary/aromatic N) is 4. The van der Waals surface area contributed by atoms with Crippen LogP contribution in [-0.2, 0) is 12.8 Å². The average molecular weight is 568 g/mol. The Balaban J connectivity index is 1.48. The van der Waals surface area contributed by atoms with E-state index in [1.807, 2.05) is 11.9 Å². The van der Waals surface area contributed by atoms with Crippen molar-refractivity contribution in [2.45, 2.75) is 70.1 Å². The number of rotatable bonds is 6. The van der Waals surface area contributed by atoms with Crippen LogP contribution in [0.25, 0.3) is 0 Å². The molecule has 1 aliphatic carbocycles. The minimum atomic E-state index is -4.43. The lowest BCUT2D eigenvalue weighted by Crippen LogP contribution is -2.62. The molecule has 2 saturated heterocycles. The van der Waals surface area contributed by atoms with Gasteiger partial charge in [-0.15, -0.1) is 0 Å². The van der Waals surface area contributed by atoms with Crippen molar-refractivity contribution in [2.24, 2.45) is 11.8 Å². The highest BCUT2D eigenvalue weighted by Gasteiger charge is 2.47. The third-order valence-electron chi connectivity index (χ3n) is 9.12. The molecule has 4 aliphatic rings. The van der Waals surface area contributed by atoms with Crippen molar-refractivity contribution >= 4 is 5.82 Å². The fourth-order valence-electron chi connectivity index (χ4n) is 6.81. The molecule has 0 radical (unpaired) electrons. The van der Waals surface area contributed by atoms with Crippen LogP contribution in [-0.4, -0.2) is 91.8 Å². The first kappa shape index (κ1) is 29.1. The van der Waals surface area contributed by atoms with E-state index in [9.17, 15) is 17.6 Å². The van der Waals surface area contributed by atoms with Crippen LogP contribution in [0.4, 0.5) is 23.4 Å². The number of allylic oxidation sites excluding steroid dienone is 2. The van der Waals surface area contributed by atoms with Crippen molar-refractivity contribution in [3.05, 3.63) is 34.7 Å². The molecule has 0 aromatic carbocycles. The molecule has 3 N–H and O–H groups in total. The molecule has 0 bridgehead atoms. The highest BCUT2D eigenvalue weighted by atomic mass is 19.4. The largest absolute Gasteiger partial charge is 0.462 e. The summed E-state index contributed by atoms with van der Waals surface area (Å²) in [5.74, 6) is 0.900. The van der Waals surface area contributed by atoms with Crippen molar-refractivity contribution in [1.82, 2.24) is 30.8 Å². The molecule has 5 rings (SSSR count). The summed E-state index contributed by atoms with van der Waals surface area (Å²) in [4.78, 5) is 14.0. The first-order chi connectivity index (χ1) is 18.9. The summed E-state index contributed by atoms with van der Waals surface area (Å²) in [6.07, 6.45) is -0.900. The number of fused-ring (bicyclic) bond motifs is 1. The van der Waals surface area contributed by atoms with Crippen LogP contribution in [0.5, 0.6) is 6.01 Å². The highest BCUT2D eigenvalue weighted by Crippen LogP contribution is 2.43. The zero-order chi connectivity index (χ0) is 28.8. The molecule has 1 aromatic rings. The normalized spacial score (nSPS) is 33.2. The molecule has 0 spiro atoms. The summed E-state index contributed by atoms with van der Waals surface area (Å²) in [6, 6.07) is 0.442. The Morgan fingerprint density at radius 2 is 2.00 bits per heavy atom. The van der Waals surface area contributed by atoms with E-state index in [0.29, 0.717) is 32.4 Å². The third kappa shape index (κ3) is 5.54. The molecule has 0 saturated carbocycles. The maximum Gasteiger partial charge on any atom is 0.418 e. The number of piperazine rings is 1. The molecule has 8 nitrogen and oxygen atoms in total. The zero-order valence-corrected chi connectivity index (χ0v) is 23.9. The van der Waals surface area contributed by atoms with Gasteiger partial charge in [0, 0.05) is 55.9 Å². The number of alkyl halides is 4. The molecule has 2 fully saturated rings. The number of likely N-dealkylation sites (tertiary alicyclic amines) is 1. The number of aromatic nitrogens is 2. The summed E-state index contributed by atoms with van der Waals surface area (Å²) in [5.41, 5.74) is 0.578. The fraction of sp³-hybridized carbons (Fsp3) is 0.714. The smallest absolute Gasteiger partial charge is 0.418 e. The number of likely N-dealkylation sites (N-methyl/N-ethyl adjacent to an activating group) is 2. The minimum Gasteiger partial charge on any atom is -0.462 e. The summed E-state index contributed by atoms with van der Waals surface area (Å²) >= 11 is 0. The number of hydrogen-bond acceptors (Lipinski definition) is 8. The van der Waals surface area contributed by atoms with Crippen molar-refractivity contribution in [1.29, 1.82) is 0 Å². The van der Waals surface area contributed by atoms with Crippen LogP contribution < -0.4 is 25.6 Å². The second kappa shape index (κ2) is 11.1. The molecule has 3 unspecified atom stereocenters. The van der Waals surface area contributed by atoms with Crippen LogP contribution in [0.2, 0.25) is 0 Å². The van der Waals surface area contributed by atoms with Crippen molar-refractivity contribution < 1.29 is 22.3 Å². The lowest BCUT2D eigenvalue weighted by molar-refractivity contribution is -0.0904. The topological polar surface area (TPSA) is 77.6 Å². The van der Waals surface area contributed by atoms with E-state index in [-0.39, 0.29) is 35.5 Å². The summed E-state index contributed by atoms with van der Waals surface area (Å²) in [6.45, 7) is 8.96. The van der Waals surface area contributed by atoms with Crippen molar-refractivity contribution in [3.8, 4) is 6.01 Å². The van der Waals surface area contributed by atoms with Gasteiger partial charge in [0.15, 0.2) is 0 Å². The first-order valence-electron chi connectivity index (χ1n) is 14.2. The van der Waals surface area contributed by atoms with Crippen LogP contribution in [0, 0.1) is 11.8 Å². The Bertz CT molecular complexity index is 1160. The predicted molar refractivity (Wildman–Crippen MR) is 146 cm³/mol. The van der Waals surface area contributed by atoms with Gasteiger partial charge in [-0.25, -0.2) is 4.39 Å². The molecule has 3 aliphatic heterocycles. The lowest BCUT2D eigenvalue weighted by Gasteiger charge is -2.47. The van der Waals surface area contributed by atoms with Gasteiger partial charge in [-0.3, -0.25) is 10.2 Å². The van der Waals surface area contributed by atoms with E-state index >= 15 is 0 Å². The Morgan fingerprint density at radius 1 is 1.23 bits per heavy atom. The van der Waals surface area contributed by atoms with Gasteiger partial charge in [0.1, 0.15) is 24.3 Å². The van der Waals surface area contributed by atoms with Gasteiger partial charge in [-0.2, -0.15) is 23.1 Å². The van der Waals surface area contributed by atoms with Gasteiger partial charge < -0.3 is 20.3 Å². The second-order valence-corrected chi connectivity index (χ2v) is 11.9. The van der Waals surface area contributed by atoms with Crippen LogP contribution in [0.1, 0.15) is 38.4 Å². The van der Waals surface area contributed by atoms with E-state index in [0.717, 1.165) is 42.9 Å².